The van der Waals surface area contributed by atoms with Crippen LogP contribution in [0.3, 0.4) is 0 Å². The van der Waals surface area contributed by atoms with Gasteiger partial charge in [0.15, 0.2) is 0 Å². The second-order valence-corrected chi connectivity index (χ2v) is 5.02. The molecular weight excluding hydrogens is 272 g/mol. The van der Waals surface area contributed by atoms with Crippen molar-refractivity contribution in [2.75, 3.05) is 19.4 Å². The topological polar surface area (TPSA) is 32.3 Å². The van der Waals surface area contributed by atoms with Crippen LogP contribution < -0.4 is 5.32 Å². The first kappa shape index (κ1) is 14.4. The van der Waals surface area contributed by atoms with Crippen LogP contribution >= 0.6 is 11.6 Å². The Balaban J connectivity index is 2.16. The van der Waals surface area contributed by atoms with Crippen molar-refractivity contribution in [3.05, 3.63) is 64.7 Å². The minimum absolute atomic E-state index is 0.0186. The molecule has 0 saturated carbocycles. The summed E-state index contributed by atoms with van der Waals surface area (Å²) >= 11 is 5.96. The van der Waals surface area contributed by atoms with Gasteiger partial charge >= 0.3 is 0 Å². The minimum atomic E-state index is -0.0186. The minimum Gasteiger partial charge on any atom is -0.387 e. The summed E-state index contributed by atoms with van der Waals surface area (Å²) in [6, 6.07) is 15.0. The van der Waals surface area contributed by atoms with Gasteiger partial charge in [-0.05, 0) is 29.8 Å². The van der Waals surface area contributed by atoms with E-state index in [0.29, 0.717) is 17.1 Å². The molecule has 0 unspecified atom stereocenters. The van der Waals surface area contributed by atoms with Crippen molar-refractivity contribution in [3.63, 3.8) is 0 Å². The summed E-state index contributed by atoms with van der Waals surface area (Å²) in [5.74, 6) is -0.0186. The van der Waals surface area contributed by atoms with E-state index >= 15 is 0 Å². The molecule has 0 saturated heterocycles. The Kier molecular flexibility index (Phi) is 4.64. The maximum Gasteiger partial charge on any atom is 0.255 e. The van der Waals surface area contributed by atoms with E-state index in [4.69, 9.17) is 11.6 Å². The third-order valence-electron chi connectivity index (χ3n) is 3.08. The molecule has 0 aromatic heterocycles. The fraction of sp³-hybridized carbons (Fsp3) is 0.188. The normalized spacial score (nSPS) is 10.2. The zero-order chi connectivity index (χ0) is 14.5. The first-order valence-corrected chi connectivity index (χ1v) is 6.76. The summed E-state index contributed by atoms with van der Waals surface area (Å²) in [4.78, 5) is 14.1. The molecule has 3 nitrogen and oxygen atoms in total. The Morgan fingerprint density at radius 1 is 1.20 bits per heavy atom. The van der Waals surface area contributed by atoms with E-state index in [-0.39, 0.29) is 5.91 Å². The van der Waals surface area contributed by atoms with E-state index in [1.165, 1.54) is 0 Å². The number of benzene rings is 2. The van der Waals surface area contributed by atoms with Crippen LogP contribution in [-0.4, -0.2) is 24.9 Å². The predicted molar refractivity (Wildman–Crippen MR) is 83.2 cm³/mol. The number of amides is 1. The number of nitrogens with zero attached hydrogens (tertiary/aromatic N) is 1. The zero-order valence-electron chi connectivity index (χ0n) is 11.6. The molecule has 0 fully saturated rings. The zero-order valence-corrected chi connectivity index (χ0v) is 12.3. The fourth-order valence-corrected chi connectivity index (χ4v) is 2.29. The van der Waals surface area contributed by atoms with Crippen LogP contribution in [0.5, 0.6) is 0 Å². The summed E-state index contributed by atoms with van der Waals surface area (Å²) in [6.45, 7) is 0.525. The largest absolute Gasteiger partial charge is 0.387 e. The number of anilines is 1. The maximum absolute atomic E-state index is 12.5. The highest BCUT2D eigenvalue weighted by Gasteiger charge is 2.15. The van der Waals surface area contributed by atoms with Gasteiger partial charge in [-0.1, -0.05) is 35.9 Å². The van der Waals surface area contributed by atoms with Gasteiger partial charge in [0.25, 0.3) is 5.91 Å². The van der Waals surface area contributed by atoms with Gasteiger partial charge < -0.3 is 10.2 Å². The smallest absolute Gasteiger partial charge is 0.255 e. The van der Waals surface area contributed by atoms with Gasteiger partial charge in [0.05, 0.1) is 5.56 Å². The average molecular weight is 289 g/mol. The Labute approximate surface area is 124 Å². The lowest BCUT2D eigenvalue weighted by Gasteiger charge is -2.19. The molecule has 0 aliphatic rings. The second kappa shape index (κ2) is 6.44. The molecule has 0 bridgehead atoms. The van der Waals surface area contributed by atoms with Gasteiger partial charge in [-0.3, -0.25) is 4.79 Å². The molecule has 0 spiro atoms. The number of carbonyl (C=O) groups excluding carboxylic acids is 1. The van der Waals surface area contributed by atoms with Gasteiger partial charge in [-0.25, -0.2) is 0 Å². The number of hydrogen-bond donors (Lipinski definition) is 1. The molecule has 1 N–H and O–H groups in total. The number of para-hydroxylation sites is 1. The monoisotopic (exact) mass is 288 g/mol. The van der Waals surface area contributed by atoms with Crippen molar-refractivity contribution < 1.29 is 4.79 Å². The molecule has 2 aromatic carbocycles. The molecule has 2 rings (SSSR count). The van der Waals surface area contributed by atoms with Crippen molar-refractivity contribution in [2.45, 2.75) is 6.54 Å². The molecule has 1 amide bonds. The molecule has 0 heterocycles. The van der Waals surface area contributed by atoms with E-state index in [1.807, 2.05) is 55.6 Å². The molecule has 0 atom stereocenters. The van der Waals surface area contributed by atoms with Crippen LogP contribution in [0.1, 0.15) is 15.9 Å². The molecule has 0 aliphatic heterocycles. The van der Waals surface area contributed by atoms with E-state index < -0.39 is 0 Å². The van der Waals surface area contributed by atoms with Gasteiger partial charge in [0.1, 0.15) is 0 Å². The summed E-state index contributed by atoms with van der Waals surface area (Å²) < 4.78 is 0. The van der Waals surface area contributed by atoms with E-state index in [0.717, 1.165) is 11.3 Å². The molecule has 2 aromatic rings. The molecule has 20 heavy (non-hydrogen) atoms. The van der Waals surface area contributed by atoms with Crippen molar-refractivity contribution in [2.24, 2.45) is 0 Å². The number of hydrogen-bond acceptors (Lipinski definition) is 2. The van der Waals surface area contributed by atoms with Crippen molar-refractivity contribution in [1.29, 1.82) is 0 Å². The highest BCUT2D eigenvalue weighted by molar-refractivity contribution is 6.30. The lowest BCUT2D eigenvalue weighted by Crippen LogP contribution is -2.26. The third-order valence-corrected chi connectivity index (χ3v) is 3.32. The highest BCUT2D eigenvalue weighted by Crippen LogP contribution is 2.18. The average Bonchev–Trinajstić information content (AvgIpc) is 2.46. The highest BCUT2D eigenvalue weighted by atomic mass is 35.5. The van der Waals surface area contributed by atoms with E-state index in [9.17, 15) is 4.79 Å². The van der Waals surface area contributed by atoms with Crippen molar-refractivity contribution >= 4 is 23.2 Å². The van der Waals surface area contributed by atoms with E-state index in [2.05, 4.69) is 5.32 Å². The van der Waals surface area contributed by atoms with Crippen LogP contribution in [0.4, 0.5) is 5.69 Å². The number of halogens is 1. The lowest BCUT2D eigenvalue weighted by atomic mass is 10.1. The van der Waals surface area contributed by atoms with Crippen molar-refractivity contribution in [3.8, 4) is 0 Å². The van der Waals surface area contributed by atoms with Gasteiger partial charge in [-0.15, -0.1) is 0 Å². The van der Waals surface area contributed by atoms with Crippen LogP contribution in [-0.2, 0) is 6.54 Å². The number of rotatable bonds is 4. The van der Waals surface area contributed by atoms with Gasteiger partial charge in [0, 0.05) is 31.4 Å². The Bertz CT molecular complexity index is 613. The van der Waals surface area contributed by atoms with Crippen LogP contribution in [0.25, 0.3) is 0 Å². The van der Waals surface area contributed by atoms with Crippen LogP contribution in [0, 0.1) is 0 Å². The quantitative estimate of drug-likeness (QED) is 0.931. The SMILES string of the molecule is CNc1ccccc1C(=O)N(C)Cc1cccc(Cl)c1. The number of carbonyl (C=O) groups is 1. The van der Waals surface area contributed by atoms with Crippen LogP contribution in [0.15, 0.2) is 48.5 Å². The van der Waals surface area contributed by atoms with E-state index in [1.54, 1.807) is 11.9 Å². The Morgan fingerprint density at radius 2 is 1.95 bits per heavy atom. The van der Waals surface area contributed by atoms with Gasteiger partial charge in [0.2, 0.25) is 0 Å². The van der Waals surface area contributed by atoms with Crippen molar-refractivity contribution in [1.82, 2.24) is 4.90 Å². The summed E-state index contributed by atoms with van der Waals surface area (Å²) in [6.07, 6.45) is 0. The molecule has 4 heteroatoms. The first-order valence-electron chi connectivity index (χ1n) is 6.38. The molecule has 104 valence electrons. The fourth-order valence-electron chi connectivity index (χ4n) is 2.07. The number of nitrogens with one attached hydrogen (secondary N) is 1. The molecule has 0 aliphatic carbocycles. The maximum atomic E-state index is 12.5. The summed E-state index contributed by atoms with van der Waals surface area (Å²) in [7, 11) is 3.60. The molecule has 0 radical (unpaired) electrons. The van der Waals surface area contributed by atoms with Gasteiger partial charge in [-0.2, -0.15) is 0 Å². The summed E-state index contributed by atoms with van der Waals surface area (Å²) in [5.41, 5.74) is 2.50. The van der Waals surface area contributed by atoms with Crippen LogP contribution in [0.2, 0.25) is 5.02 Å². The summed E-state index contributed by atoms with van der Waals surface area (Å²) in [5, 5.41) is 3.72. The lowest BCUT2D eigenvalue weighted by molar-refractivity contribution is 0.0786. The standard InChI is InChI=1S/C16H17ClN2O/c1-18-15-9-4-3-8-14(15)16(20)19(2)11-12-6-5-7-13(17)10-12/h3-10,18H,11H2,1-2H3. The second-order valence-electron chi connectivity index (χ2n) is 4.59. The first-order chi connectivity index (χ1) is 9.61. The third kappa shape index (κ3) is 3.31. The Hall–Kier alpha value is -2.00. The Morgan fingerprint density at radius 3 is 2.65 bits per heavy atom. The molecular formula is C16H17ClN2O. The predicted octanol–water partition coefficient (Wildman–Crippen LogP) is 3.65.